The van der Waals surface area contributed by atoms with Gasteiger partial charge in [0.25, 0.3) is 0 Å². The summed E-state index contributed by atoms with van der Waals surface area (Å²) in [5, 5.41) is 4.53. The Morgan fingerprint density at radius 2 is 1.75 bits per heavy atom. The van der Waals surface area contributed by atoms with Gasteiger partial charge in [0.2, 0.25) is 0 Å². The van der Waals surface area contributed by atoms with E-state index in [1.807, 2.05) is 6.20 Å². The molecule has 0 bridgehead atoms. The van der Waals surface area contributed by atoms with Crippen LogP contribution in [0.5, 0.6) is 0 Å². The molecule has 0 aliphatic carbocycles. The first-order chi connectivity index (χ1) is 7.18. The molecule has 0 fully saturated rings. The van der Waals surface area contributed by atoms with Gasteiger partial charge in [-0.3, -0.25) is 4.68 Å². The molecule has 0 atom stereocenters. The SMILES string of the molecule is CC(C)(C)c1c(CCN)cnn1C(C)(C)C. The van der Waals surface area contributed by atoms with Crippen molar-refractivity contribution < 1.29 is 0 Å². The van der Waals surface area contributed by atoms with E-state index in [1.165, 1.54) is 11.3 Å². The van der Waals surface area contributed by atoms with Gasteiger partial charge >= 0.3 is 0 Å². The fourth-order valence-electron chi connectivity index (χ4n) is 2.03. The molecule has 0 saturated carbocycles. The van der Waals surface area contributed by atoms with Crippen molar-refractivity contribution in [2.45, 2.75) is 58.9 Å². The predicted molar refractivity (Wildman–Crippen MR) is 68.7 cm³/mol. The average molecular weight is 223 g/mol. The molecule has 0 aromatic carbocycles. The summed E-state index contributed by atoms with van der Waals surface area (Å²) in [6, 6.07) is 0. The number of nitrogens with two attached hydrogens (primary N) is 1. The number of rotatable bonds is 2. The zero-order chi connectivity index (χ0) is 12.6. The van der Waals surface area contributed by atoms with E-state index < -0.39 is 0 Å². The summed E-state index contributed by atoms with van der Waals surface area (Å²) in [4.78, 5) is 0. The molecule has 0 spiro atoms. The lowest BCUT2D eigenvalue weighted by Gasteiger charge is -2.29. The standard InChI is InChI=1S/C13H25N3/c1-12(2,3)11-10(7-8-14)9-15-16(11)13(4,5)6/h9H,7-8,14H2,1-6H3. The molecule has 92 valence electrons. The summed E-state index contributed by atoms with van der Waals surface area (Å²) in [5.74, 6) is 0. The van der Waals surface area contributed by atoms with Gasteiger partial charge in [0.1, 0.15) is 0 Å². The second-order valence-corrected chi connectivity index (χ2v) is 6.39. The third-order valence-corrected chi connectivity index (χ3v) is 2.60. The predicted octanol–water partition coefficient (Wildman–Crippen LogP) is 2.44. The Kier molecular flexibility index (Phi) is 3.48. The molecular formula is C13H25N3. The van der Waals surface area contributed by atoms with Crippen LogP contribution in [0.2, 0.25) is 0 Å². The van der Waals surface area contributed by atoms with Crippen LogP contribution in [0.4, 0.5) is 0 Å². The van der Waals surface area contributed by atoms with Crippen molar-refractivity contribution in [3.05, 3.63) is 17.5 Å². The van der Waals surface area contributed by atoms with E-state index in [-0.39, 0.29) is 11.0 Å². The minimum atomic E-state index is 0.0233. The summed E-state index contributed by atoms with van der Waals surface area (Å²) in [7, 11) is 0. The van der Waals surface area contributed by atoms with Crippen molar-refractivity contribution >= 4 is 0 Å². The van der Waals surface area contributed by atoms with Gasteiger partial charge in [-0.15, -0.1) is 0 Å². The molecule has 3 heteroatoms. The molecule has 16 heavy (non-hydrogen) atoms. The van der Waals surface area contributed by atoms with Crippen LogP contribution < -0.4 is 5.73 Å². The normalized spacial score (nSPS) is 13.2. The third-order valence-electron chi connectivity index (χ3n) is 2.60. The first-order valence-corrected chi connectivity index (χ1v) is 5.96. The van der Waals surface area contributed by atoms with Gasteiger partial charge in [0.05, 0.1) is 11.7 Å². The number of nitrogens with zero attached hydrogens (tertiary/aromatic N) is 2. The van der Waals surface area contributed by atoms with Crippen LogP contribution in [0.15, 0.2) is 6.20 Å². The van der Waals surface area contributed by atoms with Crippen LogP contribution in [0.1, 0.15) is 52.8 Å². The molecule has 0 unspecified atom stereocenters. The second-order valence-electron chi connectivity index (χ2n) is 6.39. The highest BCUT2D eigenvalue weighted by Crippen LogP contribution is 2.30. The van der Waals surface area contributed by atoms with Crippen molar-refractivity contribution in [2.24, 2.45) is 5.73 Å². The fraction of sp³-hybridized carbons (Fsp3) is 0.769. The minimum absolute atomic E-state index is 0.0233. The first-order valence-electron chi connectivity index (χ1n) is 5.96. The fourth-order valence-corrected chi connectivity index (χ4v) is 2.03. The van der Waals surface area contributed by atoms with Gasteiger partial charge in [0.15, 0.2) is 0 Å². The van der Waals surface area contributed by atoms with Gasteiger partial charge in [-0.25, -0.2) is 0 Å². The maximum atomic E-state index is 5.65. The summed E-state index contributed by atoms with van der Waals surface area (Å²) >= 11 is 0. The molecular weight excluding hydrogens is 198 g/mol. The molecule has 1 rings (SSSR count). The smallest absolute Gasteiger partial charge is 0.0547 e. The lowest BCUT2D eigenvalue weighted by molar-refractivity contribution is 0.321. The van der Waals surface area contributed by atoms with Crippen LogP contribution >= 0.6 is 0 Å². The van der Waals surface area contributed by atoms with Crippen molar-refractivity contribution in [3.63, 3.8) is 0 Å². The van der Waals surface area contributed by atoms with E-state index in [1.54, 1.807) is 0 Å². The van der Waals surface area contributed by atoms with Crippen LogP contribution in [0.25, 0.3) is 0 Å². The van der Waals surface area contributed by atoms with Gasteiger partial charge in [-0.05, 0) is 39.3 Å². The third kappa shape index (κ3) is 2.64. The van der Waals surface area contributed by atoms with Gasteiger partial charge in [0, 0.05) is 11.1 Å². The quantitative estimate of drug-likeness (QED) is 0.837. The van der Waals surface area contributed by atoms with Gasteiger partial charge in [-0.2, -0.15) is 5.10 Å². The summed E-state index contributed by atoms with van der Waals surface area (Å²) in [6.45, 7) is 13.9. The topological polar surface area (TPSA) is 43.8 Å². The van der Waals surface area contributed by atoms with E-state index in [0.717, 1.165) is 6.42 Å². The van der Waals surface area contributed by atoms with Crippen molar-refractivity contribution in [3.8, 4) is 0 Å². The number of hydrogen-bond acceptors (Lipinski definition) is 2. The number of hydrogen-bond donors (Lipinski definition) is 1. The van der Waals surface area contributed by atoms with Crippen LogP contribution in [0.3, 0.4) is 0 Å². The van der Waals surface area contributed by atoms with Crippen LogP contribution in [-0.2, 0) is 17.4 Å². The largest absolute Gasteiger partial charge is 0.330 e. The highest BCUT2D eigenvalue weighted by Gasteiger charge is 2.28. The Hall–Kier alpha value is -0.830. The lowest BCUT2D eigenvalue weighted by atomic mass is 9.87. The van der Waals surface area contributed by atoms with Crippen molar-refractivity contribution in [2.75, 3.05) is 6.54 Å². The van der Waals surface area contributed by atoms with Gasteiger partial charge in [-0.1, -0.05) is 20.8 Å². The second kappa shape index (κ2) is 4.21. The maximum absolute atomic E-state index is 5.65. The van der Waals surface area contributed by atoms with E-state index in [4.69, 9.17) is 5.73 Å². The minimum Gasteiger partial charge on any atom is -0.330 e. The maximum Gasteiger partial charge on any atom is 0.0547 e. The van der Waals surface area contributed by atoms with E-state index in [2.05, 4.69) is 51.3 Å². The Bertz CT molecular complexity index is 350. The Labute approximate surface area is 99.0 Å². The lowest BCUT2D eigenvalue weighted by Crippen LogP contribution is -2.31. The van der Waals surface area contributed by atoms with E-state index >= 15 is 0 Å². The molecule has 1 aromatic rings. The molecule has 3 nitrogen and oxygen atoms in total. The summed E-state index contributed by atoms with van der Waals surface area (Å²) in [5.41, 5.74) is 8.38. The highest BCUT2D eigenvalue weighted by molar-refractivity contribution is 5.26. The van der Waals surface area contributed by atoms with E-state index in [9.17, 15) is 0 Å². The van der Waals surface area contributed by atoms with Crippen molar-refractivity contribution in [1.82, 2.24) is 9.78 Å². The van der Waals surface area contributed by atoms with Crippen LogP contribution in [0, 0.1) is 0 Å². The molecule has 1 heterocycles. The molecule has 0 aliphatic heterocycles. The highest BCUT2D eigenvalue weighted by atomic mass is 15.3. The molecule has 0 amide bonds. The molecule has 0 saturated heterocycles. The zero-order valence-electron chi connectivity index (χ0n) is 11.5. The Morgan fingerprint density at radius 1 is 1.19 bits per heavy atom. The van der Waals surface area contributed by atoms with Gasteiger partial charge < -0.3 is 5.73 Å². The summed E-state index contributed by atoms with van der Waals surface area (Å²) < 4.78 is 2.14. The number of aromatic nitrogens is 2. The van der Waals surface area contributed by atoms with Crippen molar-refractivity contribution in [1.29, 1.82) is 0 Å². The molecule has 2 N–H and O–H groups in total. The molecule has 0 radical (unpaired) electrons. The summed E-state index contributed by atoms with van der Waals surface area (Å²) in [6.07, 6.45) is 2.88. The molecule has 0 aliphatic rings. The van der Waals surface area contributed by atoms with Crippen LogP contribution in [-0.4, -0.2) is 16.3 Å². The Balaban J connectivity index is 3.31. The monoisotopic (exact) mass is 223 g/mol. The first kappa shape index (κ1) is 13.2. The Morgan fingerprint density at radius 3 is 2.12 bits per heavy atom. The van der Waals surface area contributed by atoms with E-state index in [0.29, 0.717) is 6.54 Å². The zero-order valence-corrected chi connectivity index (χ0v) is 11.5. The molecule has 1 aromatic heterocycles. The average Bonchev–Trinajstić information content (AvgIpc) is 2.46.